The fourth-order valence-corrected chi connectivity index (χ4v) is 2.26. The van der Waals surface area contributed by atoms with Crippen molar-refractivity contribution in [1.82, 2.24) is 9.88 Å². The molecular weight excluding hydrogens is 230 g/mol. The first-order valence-electron chi connectivity index (χ1n) is 6.30. The summed E-state index contributed by atoms with van der Waals surface area (Å²) in [6.45, 7) is 6.70. The van der Waals surface area contributed by atoms with Gasteiger partial charge in [-0.15, -0.1) is 0 Å². The lowest BCUT2D eigenvalue weighted by Crippen LogP contribution is -2.48. The molecule has 1 N–H and O–H groups in total. The van der Waals surface area contributed by atoms with Crippen molar-refractivity contribution in [1.29, 1.82) is 0 Å². The Kier molecular flexibility index (Phi) is 3.69. The fourth-order valence-electron chi connectivity index (χ4n) is 2.26. The van der Waals surface area contributed by atoms with E-state index in [1.165, 1.54) is 10.5 Å². The summed E-state index contributed by atoms with van der Waals surface area (Å²) in [4.78, 5) is 19.0. The molecular formula is C13H19N3O2. The molecule has 98 valence electrons. The van der Waals surface area contributed by atoms with Crippen molar-refractivity contribution in [2.45, 2.75) is 20.3 Å². The molecule has 1 aromatic heterocycles. The molecule has 1 fully saturated rings. The van der Waals surface area contributed by atoms with E-state index in [1.54, 1.807) is 0 Å². The smallest absolute Gasteiger partial charge is 0.407 e. The van der Waals surface area contributed by atoms with Crippen LogP contribution in [-0.2, 0) is 6.42 Å². The molecule has 0 aliphatic carbocycles. The lowest BCUT2D eigenvalue weighted by atomic mass is 10.1. The Labute approximate surface area is 107 Å². The van der Waals surface area contributed by atoms with Crippen molar-refractivity contribution in [2.24, 2.45) is 0 Å². The van der Waals surface area contributed by atoms with Crippen molar-refractivity contribution < 1.29 is 9.90 Å². The van der Waals surface area contributed by atoms with Gasteiger partial charge in [-0.1, -0.05) is 13.0 Å². The molecule has 0 saturated carbocycles. The van der Waals surface area contributed by atoms with E-state index in [-0.39, 0.29) is 0 Å². The Hall–Kier alpha value is -1.78. The quantitative estimate of drug-likeness (QED) is 0.867. The lowest BCUT2D eigenvalue weighted by Gasteiger charge is -2.34. The van der Waals surface area contributed by atoms with Crippen LogP contribution in [-0.4, -0.2) is 47.3 Å². The Balaban J connectivity index is 2.07. The summed E-state index contributed by atoms with van der Waals surface area (Å²) in [7, 11) is 0. The normalized spacial score (nSPS) is 15.9. The summed E-state index contributed by atoms with van der Waals surface area (Å²) >= 11 is 0. The molecule has 1 aliphatic rings. The number of pyridine rings is 1. The molecule has 2 rings (SSSR count). The number of aromatic nitrogens is 1. The molecule has 1 aliphatic heterocycles. The van der Waals surface area contributed by atoms with E-state index in [4.69, 9.17) is 5.11 Å². The predicted molar refractivity (Wildman–Crippen MR) is 70.2 cm³/mol. The Morgan fingerprint density at radius 1 is 1.39 bits per heavy atom. The van der Waals surface area contributed by atoms with Gasteiger partial charge in [0.15, 0.2) is 0 Å². The standard InChI is InChI=1S/C13H19N3O2/c1-3-11-8-10(2)12(14-9-11)15-4-6-16(7-5-15)13(17)18/h8-9H,3-7H2,1-2H3,(H,17,18). The molecule has 5 nitrogen and oxygen atoms in total. The second kappa shape index (κ2) is 5.25. The Morgan fingerprint density at radius 2 is 2.06 bits per heavy atom. The SMILES string of the molecule is CCc1cnc(N2CCN(C(=O)O)CC2)c(C)c1. The molecule has 0 aromatic carbocycles. The molecule has 1 aromatic rings. The molecule has 1 amide bonds. The van der Waals surface area contributed by atoms with E-state index in [9.17, 15) is 4.79 Å². The number of amides is 1. The van der Waals surface area contributed by atoms with Crippen LogP contribution < -0.4 is 4.90 Å². The van der Waals surface area contributed by atoms with Crippen LogP contribution in [0, 0.1) is 6.92 Å². The van der Waals surface area contributed by atoms with Crippen molar-refractivity contribution >= 4 is 11.9 Å². The van der Waals surface area contributed by atoms with Gasteiger partial charge >= 0.3 is 6.09 Å². The molecule has 18 heavy (non-hydrogen) atoms. The van der Waals surface area contributed by atoms with E-state index in [2.05, 4.69) is 29.8 Å². The second-order valence-corrected chi connectivity index (χ2v) is 4.59. The van der Waals surface area contributed by atoms with Crippen molar-refractivity contribution in [3.05, 3.63) is 23.4 Å². The third-order valence-electron chi connectivity index (χ3n) is 3.37. The van der Waals surface area contributed by atoms with Gasteiger partial charge in [0.25, 0.3) is 0 Å². The van der Waals surface area contributed by atoms with Crippen LogP contribution in [0.5, 0.6) is 0 Å². The van der Waals surface area contributed by atoms with Gasteiger partial charge in [-0.25, -0.2) is 9.78 Å². The molecule has 0 bridgehead atoms. The minimum Gasteiger partial charge on any atom is -0.465 e. The zero-order chi connectivity index (χ0) is 13.1. The van der Waals surface area contributed by atoms with Crippen molar-refractivity contribution in [3.8, 4) is 0 Å². The third-order valence-corrected chi connectivity index (χ3v) is 3.37. The molecule has 5 heteroatoms. The van der Waals surface area contributed by atoms with Crippen LogP contribution in [0.2, 0.25) is 0 Å². The predicted octanol–water partition coefficient (Wildman–Crippen LogP) is 1.75. The summed E-state index contributed by atoms with van der Waals surface area (Å²) in [5, 5.41) is 8.91. The molecule has 0 spiro atoms. The Bertz CT molecular complexity index is 440. The number of hydrogen-bond acceptors (Lipinski definition) is 3. The maximum absolute atomic E-state index is 10.8. The van der Waals surface area contributed by atoms with E-state index in [1.807, 2.05) is 6.20 Å². The minimum absolute atomic E-state index is 0.548. The van der Waals surface area contributed by atoms with Crippen LogP contribution >= 0.6 is 0 Å². The highest BCUT2D eigenvalue weighted by Crippen LogP contribution is 2.19. The number of piperazine rings is 1. The number of anilines is 1. The summed E-state index contributed by atoms with van der Waals surface area (Å²) in [5.41, 5.74) is 2.40. The molecule has 0 atom stereocenters. The monoisotopic (exact) mass is 249 g/mol. The number of aryl methyl sites for hydroxylation is 2. The van der Waals surface area contributed by atoms with Gasteiger partial charge < -0.3 is 14.9 Å². The van der Waals surface area contributed by atoms with E-state index >= 15 is 0 Å². The van der Waals surface area contributed by atoms with Crippen LogP contribution in [0.3, 0.4) is 0 Å². The first kappa shape index (κ1) is 12.7. The van der Waals surface area contributed by atoms with Crippen LogP contribution in [0.4, 0.5) is 10.6 Å². The van der Waals surface area contributed by atoms with Gasteiger partial charge in [0.2, 0.25) is 0 Å². The third kappa shape index (κ3) is 2.55. The number of carbonyl (C=O) groups is 1. The van der Waals surface area contributed by atoms with Crippen LogP contribution in [0.15, 0.2) is 12.3 Å². The van der Waals surface area contributed by atoms with E-state index < -0.39 is 6.09 Å². The van der Waals surface area contributed by atoms with Gasteiger partial charge in [0.1, 0.15) is 5.82 Å². The average molecular weight is 249 g/mol. The summed E-state index contributed by atoms with van der Waals surface area (Å²) in [5.74, 6) is 0.984. The van der Waals surface area contributed by atoms with Crippen LogP contribution in [0.25, 0.3) is 0 Å². The van der Waals surface area contributed by atoms with Gasteiger partial charge in [-0.2, -0.15) is 0 Å². The highest BCUT2D eigenvalue weighted by atomic mass is 16.4. The number of rotatable bonds is 2. The average Bonchev–Trinajstić information content (AvgIpc) is 2.38. The number of nitrogens with zero attached hydrogens (tertiary/aromatic N) is 3. The zero-order valence-corrected chi connectivity index (χ0v) is 10.9. The highest BCUT2D eigenvalue weighted by molar-refractivity contribution is 5.65. The van der Waals surface area contributed by atoms with Crippen molar-refractivity contribution in [3.63, 3.8) is 0 Å². The first-order chi connectivity index (χ1) is 8.61. The topological polar surface area (TPSA) is 56.7 Å². The number of hydrogen-bond donors (Lipinski definition) is 1. The largest absolute Gasteiger partial charge is 0.465 e. The van der Waals surface area contributed by atoms with Gasteiger partial charge in [-0.3, -0.25) is 0 Å². The second-order valence-electron chi connectivity index (χ2n) is 4.59. The first-order valence-corrected chi connectivity index (χ1v) is 6.30. The van der Waals surface area contributed by atoms with E-state index in [0.29, 0.717) is 26.2 Å². The molecule has 2 heterocycles. The highest BCUT2D eigenvalue weighted by Gasteiger charge is 2.21. The minimum atomic E-state index is -0.833. The molecule has 1 saturated heterocycles. The van der Waals surface area contributed by atoms with Crippen molar-refractivity contribution in [2.75, 3.05) is 31.1 Å². The van der Waals surface area contributed by atoms with Gasteiger partial charge in [0.05, 0.1) is 0 Å². The van der Waals surface area contributed by atoms with E-state index in [0.717, 1.165) is 17.8 Å². The summed E-state index contributed by atoms with van der Waals surface area (Å²) in [6.07, 6.45) is 2.06. The van der Waals surface area contributed by atoms with Crippen LogP contribution in [0.1, 0.15) is 18.1 Å². The molecule has 0 radical (unpaired) electrons. The summed E-state index contributed by atoms with van der Waals surface area (Å²) < 4.78 is 0. The zero-order valence-electron chi connectivity index (χ0n) is 10.9. The molecule has 0 unspecified atom stereocenters. The fraction of sp³-hybridized carbons (Fsp3) is 0.538. The van der Waals surface area contributed by atoms with Gasteiger partial charge in [0, 0.05) is 32.4 Å². The maximum Gasteiger partial charge on any atom is 0.407 e. The Morgan fingerprint density at radius 3 is 2.56 bits per heavy atom. The van der Waals surface area contributed by atoms with Gasteiger partial charge in [-0.05, 0) is 24.5 Å². The summed E-state index contributed by atoms with van der Waals surface area (Å²) in [6, 6.07) is 2.16. The lowest BCUT2D eigenvalue weighted by molar-refractivity contribution is 0.142. The maximum atomic E-state index is 10.8. The number of carboxylic acid groups (broad SMARTS) is 1.